The van der Waals surface area contributed by atoms with Gasteiger partial charge in [0.1, 0.15) is 0 Å². The lowest BCUT2D eigenvalue weighted by atomic mass is 9.83. The summed E-state index contributed by atoms with van der Waals surface area (Å²) in [6, 6.07) is 25.7. The standard InChI is InChI=1S/C25H21NS/c1-16-13-23-22(15-21(16)17-7-3-2-4-8-17)20-12-11-18(14-24(20)26-23)19-9-5-6-10-25(19)27/h2-12,14-16,26-27H,13H2,1H3. The van der Waals surface area contributed by atoms with Crippen LogP contribution in [0.3, 0.4) is 0 Å². The van der Waals surface area contributed by atoms with Crippen LogP contribution >= 0.6 is 12.6 Å². The third-order valence-corrected chi connectivity index (χ3v) is 5.97. The average Bonchev–Trinajstić information content (AvgIpc) is 3.04. The molecule has 1 atom stereocenters. The van der Waals surface area contributed by atoms with E-state index in [0.717, 1.165) is 11.3 Å². The van der Waals surface area contributed by atoms with Gasteiger partial charge in [-0.15, -0.1) is 12.6 Å². The van der Waals surface area contributed by atoms with Crippen molar-refractivity contribution in [1.82, 2.24) is 4.98 Å². The number of aromatic nitrogens is 1. The van der Waals surface area contributed by atoms with Crippen molar-refractivity contribution < 1.29 is 0 Å². The maximum Gasteiger partial charge on any atom is 0.0468 e. The first-order valence-corrected chi connectivity index (χ1v) is 9.85. The zero-order valence-corrected chi connectivity index (χ0v) is 16.1. The smallest absolute Gasteiger partial charge is 0.0468 e. The Hall–Kier alpha value is -2.71. The van der Waals surface area contributed by atoms with Crippen molar-refractivity contribution >= 4 is 35.2 Å². The van der Waals surface area contributed by atoms with Gasteiger partial charge in [0.15, 0.2) is 0 Å². The van der Waals surface area contributed by atoms with Crippen LogP contribution < -0.4 is 0 Å². The predicted octanol–water partition coefficient (Wildman–Crippen LogP) is 6.86. The Morgan fingerprint density at radius 3 is 2.48 bits per heavy atom. The highest BCUT2D eigenvalue weighted by Crippen LogP contribution is 2.39. The van der Waals surface area contributed by atoms with Gasteiger partial charge in [0.2, 0.25) is 0 Å². The molecule has 1 aliphatic carbocycles. The lowest BCUT2D eigenvalue weighted by molar-refractivity contribution is 0.725. The lowest BCUT2D eigenvalue weighted by Crippen LogP contribution is -2.08. The molecule has 0 aliphatic heterocycles. The van der Waals surface area contributed by atoms with Gasteiger partial charge >= 0.3 is 0 Å². The first kappa shape index (κ1) is 16.5. The molecule has 0 radical (unpaired) electrons. The topological polar surface area (TPSA) is 15.8 Å². The lowest BCUT2D eigenvalue weighted by Gasteiger charge is -2.21. The molecule has 4 aromatic rings. The summed E-state index contributed by atoms with van der Waals surface area (Å²) in [7, 11) is 0. The molecular formula is C25H21NS. The zero-order valence-electron chi connectivity index (χ0n) is 15.2. The normalized spacial score (nSPS) is 16.2. The fourth-order valence-electron chi connectivity index (χ4n) is 4.20. The second-order valence-corrected chi connectivity index (χ2v) is 7.85. The van der Waals surface area contributed by atoms with E-state index in [1.165, 1.54) is 44.4 Å². The quantitative estimate of drug-likeness (QED) is 0.360. The number of benzene rings is 3. The van der Waals surface area contributed by atoms with Crippen molar-refractivity contribution in [2.45, 2.75) is 18.2 Å². The summed E-state index contributed by atoms with van der Waals surface area (Å²) in [5.74, 6) is 0.505. The molecule has 1 heterocycles. The van der Waals surface area contributed by atoms with E-state index in [0.29, 0.717) is 5.92 Å². The highest BCUT2D eigenvalue weighted by Gasteiger charge is 2.22. The van der Waals surface area contributed by atoms with Gasteiger partial charge in [0, 0.05) is 27.1 Å². The van der Waals surface area contributed by atoms with E-state index < -0.39 is 0 Å². The number of hydrogen-bond acceptors (Lipinski definition) is 1. The largest absolute Gasteiger partial charge is 0.358 e. The molecule has 1 nitrogen and oxygen atoms in total. The Labute approximate surface area is 165 Å². The second kappa shape index (κ2) is 6.47. The van der Waals surface area contributed by atoms with Gasteiger partial charge in [-0.2, -0.15) is 0 Å². The van der Waals surface area contributed by atoms with Crippen LogP contribution in [0.2, 0.25) is 0 Å². The maximum absolute atomic E-state index is 4.62. The molecule has 0 fully saturated rings. The zero-order chi connectivity index (χ0) is 18.4. The van der Waals surface area contributed by atoms with Crippen LogP contribution in [0.4, 0.5) is 0 Å². The van der Waals surface area contributed by atoms with Gasteiger partial charge in [-0.05, 0) is 52.8 Å². The predicted molar refractivity (Wildman–Crippen MR) is 118 cm³/mol. The molecule has 1 unspecified atom stereocenters. The molecule has 0 saturated heterocycles. The Kier molecular flexibility index (Phi) is 3.95. The first-order chi connectivity index (χ1) is 13.2. The Balaban J connectivity index is 1.65. The summed E-state index contributed by atoms with van der Waals surface area (Å²) in [6.45, 7) is 2.32. The van der Waals surface area contributed by atoms with Crippen LogP contribution in [-0.4, -0.2) is 4.98 Å². The highest BCUT2D eigenvalue weighted by atomic mass is 32.1. The monoisotopic (exact) mass is 367 g/mol. The molecule has 0 amide bonds. The summed E-state index contributed by atoms with van der Waals surface area (Å²) in [6.07, 6.45) is 3.42. The summed E-state index contributed by atoms with van der Waals surface area (Å²) >= 11 is 4.62. The van der Waals surface area contributed by atoms with Crippen molar-refractivity contribution in [3.63, 3.8) is 0 Å². The SMILES string of the molecule is CC1Cc2[nH]c3cc(-c4ccccc4S)ccc3c2C=C1c1ccccc1. The van der Waals surface area contributed by atoms with Crippen LogP contribution in [0.1, 0.15) is 23.7 Å². The molecule has 5 rings (SSSR count). The van der Waals surface area contributed by atoms with Crippen LogP contribution in [0.25, 0.3) is 33.7 Å². The van der Waals surface area contributed by atoms with Crippen molar-refractivity contribution in [2.24, 2.45) is 5.92 Å². The van der Waals surface area contributed by atoms with E-state index in [4.69, 9.17) is 0 Å². The van der Waals surface area contributed by atoms with E-state index in [9.17, 15) is 0 Å². The molecule has 3 aromatic carbocycles. The molecule has 2 heteroatoms. The first-order valence-electron chi connectivity index (χ1n) is 9.40. The summed E-state index contributed by atoms with van der Waals surface area (Å²) in [4.78, 5) is 4.69. The number of aromatic amines is 1. The van der Waals surface area contributed by atoms with Gasteiger partial charge in [-0.3, -0.25) is 0 Å². The molecule has 1 aliphatic rings. The second-order valence-electron chi connectivity index (χ2n) is 7.37. The minimum Gasteiger partial charge on any atom is -0.358 e. The van der Waals surface area contributed by atoms with E-state index in [-0.39, 0.29) is 0 Å². The minimum absolute atomic E-state index is 0.505. The van der Waals surface area contributed by atoms with E-state index in [2.05, 4.69) is 91.3 Å². The van der Waals surface area contributed by atoms with E-state index in [1.54, 1.807) is 0 Å². The summed E-state index contributed by atoms with van der Waals surface area (Å²) in [5, 5.41) is 1.30. The van der Waals surface area contributed by atoms with Crippen molar-refractivity contribution in [1.29, 1.82) is 0 Å². The van der Waals surface area contributed by atoms with Gasteiger partial charge in [0.05, 0.1) is 0 Å². The molecule has 0 bridgehead atoms. The molecule has 1 aromatic heterocycles. The number of H-pyrrole nitrogens is 1. The van der Waals surface area contributed by atoms with Crippen LogP contribution in [0, 0.1) is 5.92 Å². The Morgan fingerprint density at radius 2 is 1.67 bits per heavy atom. The van der Waals surface area contributed by atoms with Crippen molar-refractivity contribution in [3.8, 4) is 11.1 Å². The number of thiol groups is 1. The minimum atomic E-state index is 0.505. The Morgan fingerprint density at radius 1 is 0.889 bits per heavy atom. The molecule has 0 spiro atoms. The van der Waals surface area contributed by atoms with E-state index in [1.807, 2.05) is 12.1 Å². The molecular weight excluding hydrogens is 346 g/mol. The van der Waals surface area contributed by atoms with Crippen LogP contribution in [0.15, 0.2) is 77.7 Å². The Bertz CT molecular complexity index is 1170. The fraction of sp³-hybridized carbons (Fsp3) is 0.120. The third-order valence-electron chi connectivity index (χ3n) is 5.58. The van der Waals surface area contributed by atoms with Gasteiger partial charge in [-0.1, -0.05) is 67.6 Å². The fourth-order valence-corrected chi connectivity index (χ4v) is 4.49. The number of nitrogens with one attached hydrogen (secondary N) is 1. The average molecular weight is 368 g/mol. The third kappa shape index (κ3) is 2.81. The highest BCUT2D eigenvalue weighted by molar-refractivity contribution is 7.80. The molecule has 27 heavy (non-hydrogen) atoms. The van der Waals surface area contributed by atoms with E-state index >= 15 is 0 Å². The van der Waals surface area contributed by atoms with Gasteiger partial charge < -0.3 is 4.98 Å². The number of allylic oxidation sites excluding steroid dienone is 1. The molecule has 132 valence electrons. The molecule has 0 saturated carbocycles. The molecule has 1 N–H and O–H groups in total. The summed E-state index contributed by atoms with van der Waals surface area (Å²) in [5.41, 5.74) is 9.00. The summed E-state index contributed by atoms with van der Waals surface area (Å²) < 4.78 is 0. The van der Waals surface area contributed by atoms with Gasteiger partial charge in [0.25, 0.3) is 0 Å². The van der Waals surface area contributed by atoms with Gasteiger partial charge in [-0.25, -0.2) is 0 Å². The van der Waals surface area contributed by atoms with Crippen LogP contribution in [-0.2, 0) is 6.42 Å². The maximum atomic E-state index is 4.62. The number of fused-ring (bicyclic) bond motifs is 3. The number of rotatable bonds is 2. The number of hydrogen-bond donors (Lipinski definition) is 2. The van der Waals surface area contributed by atoms with Crippen molar-refractivity contribution in [2.75, 3.05) is 0 Å². The van der Waals surface area contributed by atoms with Crippen LogP contribution in [0.5, 0.6) is 0 Å². The van der Waals surface area contributed by atoms with Crippen molar-refractivity contribution in [3.05, 3.63) is 89.6 Å².